The zero-order valence-electron chi connectivity index (χ0n) is 16.8. The Morgan fingerprint density at radius 3 is 2.72 bits per heavy atom. The first-order valence-electron chi connectivity index (χ1n) is 9.28. The molecular weight excluding hydrogens is 458 g/mol. The Labute approximate surface area is 183 Å². The minimum Gasteiger partial charge on any atom is -0.444 e. The van der Waals surface area contributed by atoms with E-state index in [1.807, 2.05) is 27.7 Å². The number of ether oxygens (including phenoxy) is 1. The van der Waals surface area contributed by atoms with Crippen LogP contribution < -0.4 is 5.32 Å². The molecule has 1 aromatic carbocycles. The van der Waals surface area contributed by atoms with Gasteiger partial charge in [0.1, 0.15) is 11.3 Å². The minimum atomic E-state index is -0.564. The van der Waals surface area contributed by atoms with Crippen molar-refractivity contribution >= 4 is 45.2 Å². The van der Waals surface area contributed by atoms with Crippen molar-refractivity contribution in [3.8, 4) is 0 Å². The Hall–Kier alpha value is -2.12. The summed E-state index contributed by atoms with van der Waals surface area (Å²) in [5.74, 6) is -0.356. The molecule has 0 atom stereocenters. The van der Waals surface area contributed by atoms with Crippen LogP contribution >= 0.6 is 27.5 Å². The summed E-state index contributed by atoms with van der Waals surface area (Å²) in [5.41, 5.74) is 2.98. The predicted octanol–water partition coefficient (Wildman–Crippen LogP) is 5.35. The maximum absolute atomic E-state index is 12.8. The molecule has 0 aliphatic carbocycles. The number of nitrogens with zero attached hydrogens (tertiary/aromatic N) is 2. The monoisotopic (exact) mass is 479 g/mol. The summed E-state index contributed by atoms with van der Waals surface area (Å²) in [6, 6.07) is 7.07. The van der Waals surface area contributed by atoms with Gasteiger partial charge in [-0.05, 0) is 79.4 Å². The molecule has 29 heavy (non-hydrogen) atoms. The number of aromatic nitrogens is 1. The highest BCUT2D eigenvalue weighted by molar-refractivity contribution is 9.10. The van der Waals surface area contributed by atoms with Crippen LogP contribution in [0.4, 0.5) is 10.5 Å². The molecule has 0 bridgehead atoms. The van der Waals surface area contributed by atoms with Crippen LogP contribution in [0.15, 0.2) is 28.7 Å². The molecule has 0 saturated carbocycles. The molecule has 1 N–H and O–H groups in total. The van der Waals surface area contributed by atoms with E-state index in [2.05, 4.69) is 26.2 Å². The number of carbonyl (C=O) groups is 2. The SMILES string of the molecule is Cc1cc(C(=O)Nc2cccc(Br)c2Cl)nc2c1CCN(C(=O)OC(C)(C)C)C2. The molecule has 3 rings (SSSR count). The molecule has 0 saturated heterocycles. The van der Waals surface area contributed by atoms with E-state index in [0.29, 0.717) is 40.4 Å². The topological polar surface area (TPSA) is 71.5 Å². The fourth-order valence-corrected chi connectivity index (χ4v) is 3.67. The van der Waals surface area contributed by atoms with Crippen molar-refractivity contribution in [3.05, 3.63) is 56.3 Å². The van der Waals surface area contributed by atoms with Gasteiger partial charge in [-0.3, -0.25) is 4.79 Å². The zero-order chi connectivity index (χ0) is 21.3. The molecule has 0 spiro atoms. The summed E-state index contributed by atoms with van der Waals surface area (Å²) in [6.07, 6.45) is 0.297. The summed E-state index contributed by atoms with van der Waals surface area (Å²) in [5, 5.41) is 3.22. The van der Waals surface area contributed by atoms with Crippen molar-refractivity contribution < 1.29 is 14.3 Å². The Bertz CT molecular complexity index is 972. The maximum Gasteiger partial charge on any atom is 0.410 e. The number of halogens is 2. The lowest BCUT2D eigenvalue weighted by Gasteiger charge is -2.31. The largest absolute Gasteiger partial charge is 0.444 e. The number of pyridine rings is 1. The van der Waals surface area contributed by atoms with Crippen LogP contribution in [0.5, 0.6) is 0 Å². The first-order chi connectivity index (χ1) is 13.5. The van der Waals surface area contributed by atoms with Gasteiger partial charge in [-0.25, -0.2) is 9.78 Å². The molecular formula is C21H23BrClN3O3. The number of rotatable bonds is 2. The summed E-state index contributed by atoms with van der Waals surface area (Å²) >= 11 is 9.58. The second-order valence-corrected chi connectivity index (χ2v) is 9.19. The predicted molar refractivity (Wildman–Crippen MR) is 116 cm³/mol. The molecule has 0 unspecified atom stereocenters. The molecule has 1 aliphatic rings. The van der Waals surface area contributed by atoms with E-state index < -0.39 is 5.60 Å². The van der Waals surface area contributed by atoms with Crippen LogP contribution in [-0.4, -0.2) is 34.0 Å². The average Bonchev–Trinajstić information content (AvgIpc) is 2.63. The van der Waals surface area contributed by atoms with Gasteiger partial charge in [0.15, 0.2) is 0 Å². The lowest BCUT2D eigenvalue weighted by Crippen LogP contribution is -2.40. The van der Waals surface area contributed by atoms with Gasteiger partial charge in [0.2, 0.25) is 0 Å². The van der Waals surface area contributed by atoms with Gasteiger partial charge in [0, 0.05) is 11.0 Å². The molecule has 1 aliphatic heterocycles. The van der Waals surface area contributed by atoms with Gasteiger partial charge in [0.25, 0.3) is 5.91 Å². The van der Waals surface area contributed by atoms with E-state index in [1.54, 1.807) is 29.2 Å². The molecule has 0 fully saturated rings. The van der Waals surface area contributed by atoms with Gasteiger partial charge in [0.05, 0.1) is 22.9 Å². The van der Waals surface area contributed by atoms with Crippen molar-refractivity contribution in [2.75, 3.05) is 11.9 Å². The normalized spacial score (nSPS) is 13.7. The van der Waals surface area contributed by atoms with Gasteiger partial charge in [-0.15, -0.1) is 0 Å². The van der Waals surface area contributed by atoms with Gasteiger partial charge in [-0.1, -0.05) is 17.7 Å². The number of nitrogens with one attached hydrogen (secondary N) is 1. The van der Waals surface area contributed by atoms with Crippen LogP contribution in [0.3, 0.4) is 0 Å². The van der Waals surface area contributed by atoms with E-state index in [4.69, 9.17) is 16.3 Å². The third kappa shape index (κ3) is 5.08. The van der Waals surface area contributed by atoms with Crippen molar-refractivity contribution in [1.29, 1.82) is 0 Å². The van der Waals surface area contributed by atoms with Crippen molar-refractivity contribution in [2.45, 2.75) is 46.3 Å². The molecule has 2 amide bonds. The number of hydrogen-bond donors (Lipinski definition) is 1. The van der Waals surface area contributed by atoms with Crippen LogP contribution in [0.25, 0.3) is 0 Å². The first kappa shape index (κ1) is 21.6. The highest BCUT2D eigenvalue weighted by Gasteiger charge is 2.28. The van der Waals surface area contributed by atoms with Crippen molar-refractivity contribution in [3.63, 3.8) is 0 Å². The van der Waals surface area contributed by atoms with Crippen LogP contribution in [-0.2, 0) is 17.7 Å². The summed E-state index contributed by atoms with van der Waals surface area (Å²) in [6.45, 7) is 8.32. The summed E-state index contributed by atoms with van der Waals surface area (Å²) < 4.78 is 6.16. The molecule has 8 heteroatoms. The fourth-order valence-electron chi connectivity index (χ4n) is 3.13. The molecule has 1 aromatic heterocycles. The number of aryl methyl sites for hydroxylation is 1. The number of fused-ring (bicyclic) bond motifs is 1. The van der Waals surface area contributed by atoms with Gasteiger partial charge >= 0.3 is 6.09 Å². The Balaban J connectivity index is 1.82. The standard InChI is InChI=1S/C21H23BrClN3O3/c1-12-10-16(19(27)25-15-7-5-6-14(22)18(15)23)24-17-11-26(9-8-13(12)17)20(28)29-21(2,3)4/h5-7,10H,8-9,11H2,1-4H3,(H,25,27). The van der Waals surface area contributed by atoms with Crippen LogP contribution in [0.1, 0.15) is 48.1 Å². The first-order valence-corrected chi connectivity index (χ1v) is 10.4. The van der Waals surface area contributed by atoms with Gasteiger partial charge < -0.3 is 15.0 Å². The van der Waals surface area contributed by atoms with Gasteiger partial charge in [-0.2, -0.15) is 0 Å². The fraction of sp³-hybridized carbons (Fsp3) is 0.381. The highest BCUT2D eigenvalue weighted by atomic mass is 79.9. The molecule has 2 aromatic rings. The Morgan fingerprint density at radius 1 is 1.31 bits per heavy atom. The van der Waals surface area contributed by atoms with E-state index in [-0.39, 0.29) is 17.7 Å². The highest BCUT2D eigenvalue weighted by Crippen LogP contribution is 2.30. The smallest absolute Gasteiger partial charge is 0.410 e. The second kappa shape index (κ2) is 8.32. The molecule has 6 nitrogen and oxygen atoms in total. The minimum absolute atomic E-state index is 0.281. The lowest BCUT2D eigenvalue weighted by molar-refractivity contribution is 0.0220. The maximum atomic E-state index is 12.8. The van der Waals surface area contributed by atoms with Crippen LogP contribution in [0, 0.1) is 6.92 Å². The third-order valence-electron chi connectivity index (χ3n) is 4.49. The number of amides is 2. The zero-order valence-corrected chi connectivity index (χ0v) is 19.1. The summed E-state index contributed by atoms with van der Waals surface area (Å²) in [4.78, 5) is 31.3. The van der Waals surface area contributed by atoms with E-state index in [1.165, 1.54) is 0 Å². The summed E-state index contributed by atoms with van der Waals surface area (Å²) in [7, 11) is 0. The molecule has 2 heterocycles. The van der Waals surface area contributed by atoms with E-state index in [0.717, 1.165) is 11.1 Å². The number of hydrogen-bond acceptors (Lipinski definition) is 4. The van der Waals surface area contributed by atoms with E-state index in [9.17, 15) is 9.59 Å². The second-order valence-electron chi connectivity index (χ2n) is 7.96. The number of carbonyl (C=O) groups excluding carboxylic acids is 2. The Kier molecular flexibility index (Phi) is 6.19. The van der Waals surface area contributed by atoms with Crippen molar-refractivity contribution in [2.24, 2.45) is 0 Å². The number of benzene rings is 1. The average molecular weight is 481 g/mol. The quantitative estimate of drug-likeness (QED) is 0.629. The molecule has 0 radical (unpaired) electrons. The van der Waals surface area contributed by atoms with Crippen molar-refractivity contribution in [1.82, 2.24) is 9.88 Å². The van der Waals surface area contributed by atoms with Crippen LogP contribution in [0.2, 0.25) is 5.02 Å². The Morgan fingerprint density at radius 2 is 2.03 bits per heavy atom. The lowest BCUT2D eigenvalue weighted by atomic mass is 9.99. The third-order valence-corrected chi connectivity index (χ3v) is 5.79. The number of anilines is 1. The van der Waals surface area contributed by atoms with E-state index >= 15 is 0 Å². The molecule has 154 valence electrons.